The summed E-state index contributed by atoms with van der Waals surface area (Å²) in [6.07, 6.45) is 2.87. The van der Waals surface area contributed by atoms with Gasteiger partial charge in [-0.3, -0.25) is 14.6 Å². The number of aromatic nitrogens is 1. The molecule has 7 heteroatoms. The lowest BCUT2D eigenvalue weighted by molar-refractivity contribution is -0.126. The number of rotatable bonds is 6. The van der Waals surface area contributed by atoms with Crippen LogP contribution in [0.1, 0.15) is 21.5 Å². The van der Waals surface area contributed by atoms with Crippen LogP contribution in [0, 0.1) is 13.8 Å². The third kappa shape index (κ3) is 5.42. The number of hydrogen-bond donors (Lipinski definition) is 2. The van der Waals surface area contributed by atoms with Crippen LogP contribution in [0.5, 0.6) is 0 Å². The van der Waals surface area contributed by atoms with E-state index in [9.17, 15) is 14.4 Å². The van der Waals surface area contributed by atoms with Gasteiger partial charge in [0.25, 0.3) is 5.91 Å². The first kappa shape index (κ1) is 18.1. The molecule has 0 radical (unpaired) electrons. The largest absolute Gasteiger partial charge is 0.452 e. The van der Waals surface area contributed by atoms with Gasteiger partial charge in [-0.1, -0.05) is 18.2 Å². The van der Waals surface area contributed by atoms with E-state index < -0.39 is 18.5 Å². The Labute approximate surface area is 145 Å². The highest BCUT2D eigenvalue weighted by atomic mass is 16.5. The van der Waals surface area contributed by atoms with Crippen molar-refractivity contribution in [1.29, 1.82) is 0 Å². The Morgan fingerprint density at radius 2 is 1.76 bits per heavy atom. The van der Waals surface area contributed by atoms with Crippen LogP contribution in [-0.4, -0.2) is 35.9 Å². The molecule has 0 aliphatic rings. The molecule has 0 unspecified atom stereocenters. The van der Waals surface area contributed by atoms with Crippen molar-refractivity contribution in [1.82, 2.24) is 10.3 Å². The van der Waals surface area contributed by atoms with Crippen molar-refractivity contribution in [3.63, 3.8) is 0 Å². The lowest BCUT2D eigenvalue weighted by atomic mass is 10.1. The van der Waals surface area contributed by atoms with Crippen LogP contribution in [0.2, 0.25) is 0 Å². The predicted molar refractivity (Wildman–Crippen MR) is 92.1 cm³/mol. The Morgan fingerprint density at radius 3 is 2.40 bits per heavy atom. The SMILES string of the molecule is Cc1cccc(C)c1NC(=O)CNC(=O)COC(=O)c1cccnc1. The highest BCUT2D eigenvalue weighted by Crippen LogP contribution is 2.18. The standard InChI is InChI=1S/C18H19N3O4/c1-12-5-3-6-13(2)17(12)21-15(22)10-20-16(23)11-25-18(24)14-7-4-8-19-9-14/h3-9H,10-11H2,1-2H3,(H,20,23)(H,21,22). The van der Waals surface area contributed by atoms with Crippen LogP contribution >= 0.6 is 0 Å². The molecule has 1 heterocycles. The second kappa shape index (κ2) is 8.58. The summed E-state index contributed by atoms with van der Waals surface area (Å²) >= 11 is 0. The smallest absolute Gasteiger partial charge is 0.340 e. The summed E-state index contributed by atoms with van der Waals surface area (Å²) < 4.78 is 4.86. The zero-order valence-corrected chi connectivity index (χ0v) is 14.0. The minimum absolute atomic E-state index is 0.211. The first-order valence-electron chi connectivity index (χ1n) is 7.67. The average Bonchev–Trinajstić information content (AvgIpc) is 2.62. The van der Waals surface area contributed by atoms with E-state index in [1.54, 1.807) is 6.07 Å². The van der Waals surface area contributed by atoms with E-state index in [0.717, 1.165) is 16.8 Å². The number of esters is 1. The Hall–Kier alpha value is -3.22. The van der Waals surface area contributed by atoms with E-state index in [2.05, 4.69) is 15.6 Å². The highest BCUT2D eigenvalue weighted by molar-refractivity contribution is 5.96. The minimum atomic E-state index is -0.650. The molecule has 130 valence electrons. The third-order valence-corrected chi connectivity index (χ3v) is 3.42. The number of para-hydroxylation sites is 1. The Kier molecular flexibility index (Phi) is 6.22. The zero-order chi connectivity index (χ0) is 18.2. The maximum Gasteiger partial charge on any atom is 0.340 e. The molecule has 7 nitrogen and oxygen atoms in total. The van der Waals surface area contributed by atoms with Gasteiger partial charge in [0.15, 0.2) is 6.61 Å². The molecule has 1 aromatic carbocycles. The van der Waals surface area contributed by atoms with Crippen LogP contribution in [0.3, 0.4) is 0 Å². The summed E-state index contributed by atoms with van der Waals surface area (Å²) in [7, 11) is 0. The zero-order valence-electron chi connectivity index (χ0n) is 14.0. The first-order chi connectivity index (χ1) is 12.0. The molecule has 0 atom stereocenters. The van der Waals surface area contributed by atoms with Crippen molar-refractivity contribution in [2.45, 2.75) is 13.8 Å². The van der Waals surface area contributed by atoms with Gasteiger partial charge in [-0.05, 0) is 37.1 Å². The van der Waals surface area contributed by atoms with Crippen LogP contribution in [0.4, 0.5) is 5.69 Å². The number of nitrogens with one attached hydrogen (secondary N) is 2. The summed E-state index contributed by atoms with van der Waals surface area (Å²) in [5, 5.41) is 5.16. The molecule has 2 N–H and O–H groups in total. The number of nitrogens with zero attached hydrogens (tertiary/aromatic N) is 1. The Balaban J connectivity index is 1.76. The van der Waals surface area contributed by atoms with Gasteiger partial charge in [-0.15, -0.1) is 0 Å². The van der Waals surface area contributed by atoms with Gasteiger partial charge in [-0.25, -0.2) is 4.79 Å². The highest BCUT2D eigenvalue weighted by Gasteiger charge is 2.12. The lowest BCUT2D eigenvalue weighted by Gasteiger charge is -2.12. The molecule has 2 amide bonds. The van der Waals surface area contributed by atoms with Crippen molar-refractivity contribution in [3.8, 4) is 0 Å². The second-order valence-electron chi connectivity index (χ2n) is 5.41. The topological polar surface area (TPSA) is 97.4 Å². The summed E-state index contributed by atoms with van der Waals surface area (Å²) in [6.45, 7) is 3.10. The summed E-state index contributed by atoms with van der Waals surface area (Å²) in [5.41, 5.74) is 2.85. The molecule has 0 bridgehead atoms. The molecule has 0 aliphatic heterocycles. The number of anilines is 1. The molecule has 1 aromatic heterocycles. The quantitative estimate of drug-likeness (QED) is 0.778. The normalized spacial score (nSPS) is 10.0. The number of benzene rings is 1. The van der Waals surface area contributed by atoms with Crippen LogP contribution in [0.25, 0.3) is 0 Å². The fourth-order valence-corrected chi connectivity index (χ4v) is 2.12. The molecule has 2 rings (SSSR count). The fourth-order valence-electron chi connectivity index (χ4n) is 2.12. The van der Waals surface area contributed by atoms with E-state index >= 15 is 0 Å². The van der Waals surface area contributed by atoms with E-state index in [4.69, 9.17) is 4.74 Å². The maximum atomic E-state index is 11.9. The van der Waals surface area contributed by atoms with Crippen molar-refractivity contribution in [2.24, 2.45) is 0 Å². The molecule has 0 saturated heterocycles. The summed E-state index contributed by atoms with van der Waals surface area (Å²) in [6, 6.07) is 8.80. The predicted octanol–water partition coefficient (Wildman–Crippen LogP) is 1.61. The third-order valence-electron chi connectivity index (χ3n) is 3.42. The van der Waals surface area contributed by atoms with Gasteiger partial charge >= 0.3 is 5.97 Å². The molecule has 0 fully saturated rings. The molecular formula is C18H19N3O4. The summed E-state index contributed by atoms with van der Waals surface area (Å²) in [5.74, 6) is -1.57. The van der Waals surface area contributed by atoms with Gasteiger partial charge in [0, 0.05) is 18.1 Å². The number of pyridine rings is 1. The van der Waals surface area contributed by atoms with Crippen molar-refractivity contribution in [2.75, 3.05) is 18.5 Å². The minimum Gasteiger partial charge on any atom is -0.452 e. The molecule has 25 heavy (non-hydrogen) atoms. The van der Waals surface area contributed by atoms with Gasteiger partial charge in [0.05, 0.1) is 12.1 Å². The monoisotopic (exact) mass is 341 g/mol. The van der Waals surface area contributed by atoms with E-state index in [0.29, 0.717) is 0 Å². The average molecular weight is 341 g/mol. The number of ether oxygens (including phenoxy) is 1. The molecular weight excluding hydrogens is 322 g/mol. The van der Waals surface area contributed by atoms with E-state index in [-0.39, 0.29) is 18.0 Å². The lowest BCUT2D eigenvalue weighted by Crippen LogP contribution is -2.35. The van der Waals surface area contributed by atoms with Crippen LogP contribution < -0.4 is 10.6 Å². The van der Waals surface area contributed by atoms with Crippen LogP contribution in [-0.2, 0) is 14.3 Å². The molecule has 2 aromatic rings. The maximum absolute atomic E-state index is 11.9. The first-order valence-corrected chi connectivity index (χ1v) is 7.67. The molecule has 0 aliphatic carbocycles. The Morgan fingerprint density at radius 1 is 1.04 bits per heavy atom. The molecule has 0 saturated carbocycles. The van der Waals surface area contributed by atoms with Gasteiger partial charge in [0.1, 0.15) is 0 Å². The number of amides is 2. The van der Waals surface area contributed by atoms with Crippen LogP contribution in [0.15, 0.2) is 42.7 Å². The van der Waals surface area contributed by atoms with E-state index in [1.807, 2.05) is 32.0 Å². The number of carbonyl (C=O) groups excluding carboxylic acids is 3. The number of hydrogen-bond acceptors (Lipinski definition) is 5. The Bertz CT molecular complexity index is 755. The second-order valence-corrected chi connectivity index (χ2v) is 5.41. The summed E-state index contributed by atoms with van der Waals surface area (Å²) in [4.78, 5) is 39.1. The van der Waals surface area contributed by atoms with Crippen molar-refractivity contribution < 1.29 is 19.1 Å². The van der Waals surface area contributed by atoms with Gasteiger partial charge in [0.2, 0.25) is 5.91 Å². The van der Waals surface area contributed by atoms with Crippen molar-refractivity contribution in [3.05, 3.63) is 59.4 Å². The number of aryl methyl sites for hydroxylation is 2. The van der Waals surface area contributed by atoms with E-state index in [1.165, 1.54) is 18.5 Å². The molecule has 0 spiro atoms. The van der Waals surface area contributed by atoms with Gasteiger partial charge in [-0.2, -0.15) is 0 Å². The number of carbonyl (C=O) groups is 3. The fraction of sp³-hybridized carbons (Fsp3) is 0.222. The van der Waals surface area contributed by atoms with Gasteiger partial charge < -0.3 is 15.4 Å². The van der Waals surface area contributed by atoms with Crippen molar-refractivity contribution >= 4 is 23.5 Å².